The van der Waals surface area contributed by atoms with Gasteiger partial charge in [-0.3, -0.25) is 4.79 Å². The fraction of sp³-hybridized carbons (Fsp3) is 0.611. The highest BCUT2D eigenvalue weighted by Crippen LogP contribution is 2.36. The summed E-state index contributed by atoms with van der Waals surface area (Å²) in [6, 6.07) is 6.44. The van der Waals surface area contributed by atoms with Crippen LogP contribution in [-0.4, -0.2) is 12.5 Å². The van der Waals surface area contributed by atoms with E-state index in [1.807, 2.05) is 0 Å². The summed E-state index contributed by atoms with van der Waals surface area (Å²) < 4.78 is 0. The van der Waals surface area contributed by atoms with Crippen LogP contribution < -0.4 is 5.32 Å². The van der Waals surface area contributed by atoms with E-state index < -0.39 is 0 Å². The predicted octanol–water partition coefficient (Wildman–Crippen LogP) is 4.77. The average Bonchev–Trinajstić information content (AvgIpc) is 2.76. The second kappa shape index (κ2) is 6.95. The molecule has 1 aromatic rings. The maximum atomic E-state index is 12.0. The van der Waals surface area contributed by atoms with Gasteiger partial charge in [-0.2, -0.15) is 0 Å². The lowest BCUT2D eigenvalue weighted by atomic mass is 9.91. The molecule has 1 aliphatic heterocycles. The molecule has 1 fully saturated rings. The van der Waals surface area contributed by atoms with Crippen LogP contribution in [0.2, 0.25) is 0 Å². The highest BCUT2D eigenvalue weighted by molar-refractivity contribution is 9.09. The third kappa shape index (κ3) is 3.68. The first-order valence-electron chi connectivity index (χ1n) is 8.29. The van der Waals surface area contributed by atoms with E-state index in [4.69, 9.17) is 0 Å². The number of carbonyl (C=O) groups excluding carboxylic acids is 1. The van der Waals surface area contributed by atoms with E-state index >= 15 is 0 Å². The largest absolute Gasteiger partial charge is 0.352 e. The molecule has 21 heavy (non-hydrogen) atoms. The predicted molar refractivity (Wildman–Crippen MR) is 90.0 cm³/mol. The highest BCUT2D eigenvalue weighted by Gasteiger charge is 2.21. The fourth-order valence-electron chi connectivity index (χ4n) is 3.65. The normalized spacial score (nSPS) is 21.3. The van der Waals surface area contributed by atoms with Crippen molar-refractivity contribution in [2.24, 2.45) is 5.92 Å². The second-order valence-electron chi connectivity index (χ2n) is 6.48. The molecule has 1 amide bonds. The van der Waals surface area contributed by atoms with Crippen molar-refractivity contribution < 1.29 is 4.79 Å². The summed E-state index contributed by atoms with van der Waals surface area (Å²) in [5.74, 6) is 0.925. The van der Waals surface area contributed by atoms with E-state index in [1.54, 1.807) is 0 Å². The molecule has 0 bridgehead atoms. The first-order chi connectivity index (χ1) is 10.2. The van der Waals surface area contributed by atoms with E-state index in [2.05, 4.69) is 39.4 Å². The number of carbonyl (C=O) groups is 1. The third-order valence-corrected chi connectivity index (χ3v) is 5.84. The molecule has 1 aromatic carbocycles. The summed E-state index contributed by atoms with van der Waals surface area (Å²) in [5.41, 5.74) is 3.33. The Morgan fingerprint density at radius 3 is 2.71 bits per heavy atom. The van der Waals surface area contributed by atoms with Crippen molar-refractivity contribution in [1.29, 1.82) is 0 Å². The van der Waals surface area contributed by atoms with Crippen LogP contribution in [-0.2, 0) is 6.42 Å². The molecule has 1 aliphatic carbocycles. The van der Waals surface area contributed by atoms with Crippen molar-refractivity contribution in [3.8, 4) is 0 Å². The lowest BCUT2D eigenvalue weighted by Crippen LogP contribution is -2.31. The average molecular weight is 350 g/mol. The Labute approximate surface area is 135 Å². The van der Waals surface area contributed by atoms with Gasteiger partial charge in [0, 0.05) is 16.9 Å². The minimum absolute atomic E-state index is 0.0901. The molecule has 0 saturated heterocycles. The Morgan fingerprint density at radius 1 is 1.19 bits per heavy atom. The zero-order valence-corrected chi connectivity index (χ0v) is 14.1. The van der Waals surface area contributed by atoms with E-state index in [9.17, 15) is 4.79 Å². The summed E-state index contributed by atoms with van der Waals surface area (Å²) in [4.78, 5) is 12.3. The summed E-state index contributed by atoms with van der Waals surface area (Å²) in [7, 11) is 0. The van der Waals surface area contributed by atoms with Crippen LogP contribution in [0.15, 0.2) is 18.2 Å². The van der Waals surface area contributed by atoms with Crippen LogP contribution in [0.1, 0.15) is 71.3 Å². The van der Waals surface area contributed by atoms with E-state index in [0.717, 1.165) is 24.4 Å². The Morgan fingerprint density at radius 2 is 1.95 bits per heavy atom. The number of benzene rings is 1. The van der Waals surface area contributed by atoms with Gasteiger partial charge in [-0.05, 0) is 36.0 Å². The molecule has 2 nitrogen and oxygen atoms in total. The van der Waals surface area contributed by atoms with Crippen LogP contribution in [0.4, 0.5) is 0 Å². The number of amides is 1. The van der Waals surface area contributed by atoms with Gasteiger partial charge in [0.2, 0.25) is 0 Å². The zero-order valence-electron chi connectivity index (χ0n) is 12.5. The molecule has 1 saturated carbocycles. The second-order valence-corrected chi connectivity index (χ2v) is 7.59. The van der Waals surface area contributed by atoms with Gasteiger partial charge >= 0.3 is 0 Å². The summed E-state index contributed by atoms with van der Waals surface area (Å²) in [6.07, 6.45) is 10.5. The Kier molecular flexibility index (Phi) is 4.99. The summed E-state index contributed by atoms with van der Waals surface area (Å²) in [5, 5.41) is 2.94. The van der Waals surface area contributed by atoms with Gasteiger partial charge in [-0.15, -0.1) is 0 Å². The molecular formula is C18H24BrNO. The Bertz CT molecular complexity index is 506. The van der Waals surface area contributed by atoms with Crippen LogP contribution in [0.5, 0.6) is 0 Å². The van der Waals surface area contributed by atoms with Crippen molar-refractivity contribution >= 4 is 21.8 Å². The molecule has 3 rings (SSSR count). The first kappa shape index (κ1) is 15.1. The van der Waals surface area contributed by atoms with Gasteiger partial charge in [-0.1, -0.05) is 66.6 Å². The minimum atomic E-state index is 0.0901. The molecule has 0 aromatic heterocycles. The van der Waals surface area contributed by atoms with Crippen molar-refractivity contribution in [2.45, 2.75) is 56.2 Å². The van der Waals surface area contributed by atoms with Crippen LogP contribution in [0.25, 0.3) is 0 Å². The number of hydrogen-bond donors (Lipinski definition) is 1. The van der Waals surface area contributed by atoms with Crippen LogP contribution in [0.3, 0.4) is 0 Å². The maximum absolute atomic E-state index is 12.0. The van der Waals surface area contributed by atoms with Gasteiger partial charge in [-0.25, -0.2) is 0 Å². The van der Waals surface area contributed by atoms with Crippen LogP contribution in [0, 0.1) is 5.92 Å². The molecule has 2 aliphatic rings. The summed E-state index contributed by atoms with van der Waals surface area (Å²) in [6.45, 7) is 0.769. The van der Waals surface area contributed by atoms with E-state index in [-0.39, 0.29) is 5.91 Å². The van der Waals surface area contributed by atoms with Crippen molar-refractivity contribution in [1.82, 2.24) is 5.32 Å². The molecule has 3 heteroatoms. The molecule has 1 heterocycles. The lowest BCUT2D eigenvalue weighted by molar-refractivity contribution is 0.0946. The van der Waals surface area contributed by atoms with Gasteiger partial charge in [0.15, 0.2) is 0 Å². The first-order valence-corrected chi connectivity index (χ1v) is 9.20. The number of halogens is 1. The number of alkyl halides is 1. The Hall–Kier alpha value is -0.830. The molecule has 0 spiro atoms. The zero-order chi connectivity index (χ0) is 14.7. The molecule has 1 atom stereocenters. The molecule has 1 unspecified atom stereocenters. The number of rotatable bonds is 3. The highest BCUT2D eigenvalue weighted by atomic mass is 79.9. The number of hydrogen-bond acceptors (Lipinski definition) is 1. The van der Waals surface area contributed by atoms with E-state index in [1.165, 1.54) is 56.1 Å². The fourth-order valence-corrected chi connectivity index (χ4v) is 4.47. The van der Waals surface area contributed by atoms with Crippen LogP contribution >= 0.6 is 15.9 Å². The molecule has 114 valence electrons. The Balaban J connectivity index is 1.70. The quantitative estimate of drug-likeness (QED) is 0.618. The van der Waals surface area contributed by atoms with Crippen molar-refractivity contribution in [3.05, 3.63) is 34.9 Å². The molecular weight excluding hydrogens is 326 g/mol. The van der Waals surface area contributed by atoms with Crippen molar-refractivity contribution in [2.75, 3.05) is 6.54 Å². The monoisotopic (exact) mass is 349 g/mol. The molecule has 1 N–H and O–H groups in total. The minimum Gasteiger partial charge on any atom is -0.352 e. The third-order valence-electron chi connectivity index (χ3n) is 4.94. The lowest BCUT2D eigenvalue weighted by Gasteiger charge is -2.21. The van der Waals surface area contributed by atoms with Gasteiger partial charge < -0.3 is 5.32 Å². The van der Waals surface area contributed by atoms with Crippen molar-refractivity contribution in [3.63, 3.8) is 0 Å². The van der Waals surface area contributed by atoms with Gasteiger partial charge in [0.05, 0.1) is 0 Å². The maximum Gasteiger partial charge on any atom is 0.251 e. The van der Waals surface area contributed by atoms with Gasteiger partial charge in [0.25, 0.3) is 5.91 Å². The topological polar surface area (TPSA) is 29.1 Å². The van der Waals surface area contributed by atoms with Gasteiger partial charge in [0.1, 0.15) is 0 Å². The standard InChI is InChI=1S/C18H24BrNO/c19-17(11-13-5-3-1-2-4-6-13)15-8-7-14-9-10-20-18(21)16(14)12-15/h7-8,12-13,17H,1-6,9-11H2,(H,20,21). The smallest absolute Gasteiger partial charge is 0.251 e. The summed E-state index contributed by atoms with van der Waals surface area (Å²) >= 11 is 3.86. The van der Waals surface area contributed by atoms with E-state index in [0.29, 0.717) is 4.83 Å². The SMILES string of the molecule is O=C1NCCc2ccc(C(Br)CC3CCCCCC3)cc21. The molecule has 0 radical (unpaired) electrons. The number of nitrogens with one attached hydrogen (secondary N) is 1. The number of fused-ring (bicyclic) bond motifs is 1.